The second-order valence-corrected chi connectivity index (χ2v) is 7.43. The standard InChI is InChI=1S/C24H26N4O/c1-18-7-6-8-19(2)23(18)26-24(29)22-17-21(11-12-25-22)28-15-13-27(14-16-28)20-9-4-3-5-10-20/h3-12,17H,13-16H2,1-2H3,(H,26,29). The number of aryl methyl sites for hydroxylation is 2. The van der Waals surface area contributed by atoms with Crippen molar-refractivity contribution in [3.05, 3.63) is 83.7 Å². The van der Waals surface area contributed by atoms with Gasteiger partial charge in [-0.05, 0) is 49.2 Å². The zero-order valence-corrected chi connectivity index (χ0v) is 16.9. The lowest BCUT2D eigenvalue weighted by atomic mass is 10.1. The van der Waals surface area contributed by atoms with Crippen LogP contribution in [0.1, 0.15) is 21.6 Å². The highest BCUT2D eigenvalue weighted by atomic mass is 16.1. The molecule has 1 aliphatic rings. The van der Waals surface area contributed by atoms with E-state index in [-0.39, 0.29) is 5.91 Å². The fourth-order valence-corrected chi connectivity index (χ4v) is 3.79. The Morgan fingerprint density at radius 2 is 1.45 bits per heavy atom. The minimum Gasteiger partial charge on any atom is -0.368 e. The molecule has 0 aliphatic carbocycles. The fraction of sp³-hybridized carbons (Fsp3) is 0.250. The predicted octanol–water partition coefficient (Wildman–Crippen LogP) is 4.28. The summed E-state index contributed by atoms with van der Waals surface area (Å²) in [5, 5.41) is 3.03. The summed E-state index contributed by atoms with van der Waals surface area (Å²) < 4.78 is 0. The summed E-state index contributed by atoms with van der Waals surface area (Å²) >= 11 is 0. The van der Waals surface area contributed by atoms with Gasteiger partial charge in [-0.25, -0.2) is 0 Å². The Morgan fingerprint density at radius 3 is 2.10 bits per heavy atom. The number of amides is 1. The SMILES string of the molecule is Cc1cccc(C)c1NC(=O)c1cc(N2CCN(c3ccccc3)CC2)ccn1. The molecule has 0 atom stereocenters. The van der Waals surface area contributed by atoms with E-state index in [1.54, 1.807) is 6.20 Å². The van der Waals surface area contributed by atoms with Crippen LogP contribution in [0.4, 0.5) is 17.1 Å². The van der Waals surface area contributed by atoms with Gasteiger partial charge in [0.2, 0.25) is 0 Å². The third kappa shape index (κ3) is 4.24. The number of carbonyl (C=O) groups excluding carboxylic acids is 1. The first-order valence-corrected chi connectivity index (χ1v) is 10.0. The first-order chi connectivity index (χ1) is 14.1. The van der Waals surface area contributed by atoms with Crippen molar-refractivity contribution in [1.29, 1.82) is 0 Å². The van der Waals surface area contributed by atoms with Gasteiger partial charge in [0.1, 0.15) is 5.69 Å². The van der Waals surface area contributed by atoms with E-state index in [2.05, 4.69) is 44.4 Å². The van der Waals surface area contributed by atoms with E-state index >= 15 is 0 Å². The monoisotopic (exact) mass is 386 g/mol. The highest BCUT2D eigenvalue weighted by Crippen LogP contribution is 2.23. The van der Waals surface area contributed by atoms with Crippen molar-refractivity contribution in [3.63, 3.8) is 0 Å². The van der Waals surface area contributed by atoms with E-state index in [1.165, 1.54) is 5.69 Å². The molecule has 1 amide bonds. The highest BCUT2D eigenvalue weighted by Gasteiger charge is 2.19. The van der Waals surface area contributed by atoms with Gasteiger partial charge in [-0.15, -0.1) is 0 Å². The molecule has 3 aromatic rings. The highest BCUT2D eigenvalue weighted by molar-refractivity contribution is 6.04. The van der Waals surface area contributed by atoms with E-state index in [9.17, 15) is 4.79 Å². The normalized spacial score (nSPS) is 14.0. The number of carbonyl (C=O) groups is 1. The first kappa shape index (κ1) is 19.0. The van der Waals surface area contributed by atoms with Gasteiger partial charge >= 0.3 is 0 Å². The summed E-state index contributed by atoms with van der Waals surface area (Å²) in [5.74, 6) is -0.174. The zero-order chi connectivity index (χ0) is 20.2. The molecular formula is C24H26N4O. The maximum absolute atomic E-state index is 12.8. The maximum atomic E-state index is 12.8. The van der Waals surface area contributed by atoms with E-state index in [0.29, 0.717) is 5.69 Å². The minimum absolute atomic E-state index is 0.174. The number of aromatic nitrogens is 1. The molecule has 1 aliphatic heterocycles. The van der Waals surface area contributed by atoms with Gasteiger partial charge in [-0.1, -0.05) is 36.4 Å². The molecule has 0 spiro atoms. The molecule has 5 heteroatoms. The van der Waals surface area contributed by atoms with Gasteiger partial charge in [0.15, 0.2) is 0 Å². The number of benzene rings is 2. The van der Waals surface area contributed by atoms with Gasteiger partial charge in [0, 0.05) is 49.4 Å². The third-order valence-electron chi connectivity index (χ3n) is 5.46. The summed E-state index contributed by atoms with van der Waals surface area (Å²) in [5.41, 5.74) is 5.70. The first-order valence-electron chi connectivity index (χ1n) is 10.0. The van der Waals surface area contributed by atoms with Gasteiger partial charge in [-0.3, -0.25) is 9.78 Å². The number of pyridine rings is 1. The molecule has 5 nitrogen and oxygen atoms in total. The number of rotatable bonds is 4. The van der Waals surface area contributed by atoms with E-state index in [1.807, 2.05) is 50.2 Å². The average Bonchev–Trinajstić information content (AvgIpc) is 2.77. The Hall–Kier alpha value is -3.34. The Labute approximate surface area is 172 Å². The molecule has 148 valence electrons. The second-order valence-electron chi connectivity index (χ2n) is 7.43. The number of para-hydroxylation sites is 2. The third-order valence-corrected chi connectivity index (χ3v) is 5.46. The molecule has 0 unspecified atom stereocenters. The molecule has 1 saturated heterocycles. The number of piperazine rings is 1. The van der Waals surface area contributed by atoms with Gasteiger partial charge in [0.25, 0.3) is 5.91 Å². The summed E-state index contributed by atoms with van der Waals surface area (Å²) in [7, 11) is 0. The molecule has 1 aromatic heterocycles. The quantitative estimate of drug-likeness (QED) is 0.727. The molecule has 1 N–H and O–H groups in total. The van der Waals surface area contributed by atoms with Crippen LogP contribution in [-0.4, -0.2) is 37.1 Å². The van der Waals surface area contributed by atoms with Gasteiger partial charge in [0.05, 0.1) is 0 Å². The fourth-order valence-electron chi connectivity index (χ4n) is 3.79. The molecule has 0 radical (unpaired) electrons. The van der Waals surface area contributed by atoms with Gasteiger partial charge in [-0.2, -0.15) is 0 Å². The average molecular weight is 386 g/mol. The van der Waals surface area contributed by atoms with Gasteiger partial charge < -0.3 is 15.1 Å². The summed E-state index contributed by atoms with van der Waals surface area (Å²) in [6.45, 7) is 7.73. The Bertz CT molecular complexity index is 975. The van der Waals surface area contributed by atoms with Crippen molar-refractivity contribution in [2.24, 2.45) is 0 Å². The topological polar surface area (TPSA) is 48.5 Å². The molecule has 4 rings (SSSR count). The van der Waals surface area contributed by atoms with Crippen LogP contribution in [0.3, 0.4) is 0 Å². The lowest BCUT2D eigenvalue weighted by molar-refractivity contribution is 0.102. The second kappa shape index (κ2) is 8.35. The molecule has 1 fully saturated rings. The van der Waals surface area contributed by atoms with Crippen molar-refractivity contribution in [2.75, 3.05) is 41.3 Å². The number of nitrogens with one attached hydrogen (secondary N) is 1. The smallest absolute Gasteiger partial charge is 0.274 e. The zero-order valence-electron chi connectivity index (χ0n) is 16.9. The van der Waals surface area contributed by atoms with Crippen LogP contribution in [-0.2, 0) is 0 Å². The largest absolute Gasteiger partial charge is 0.368 e. The number of anilines is 3. The molecule has 29 heavy (non-hydrogen) atoms. The Morgan fingerprint density at radius 1 is 0.828 bits per heavy atom. The van der Waals surface area contributed by atoms with E-state index < -0.39 is 0 Å². The van der Waals surface area contributed by atoms with Crippen molar-refractivity contribution in [1.82, 2.24) is 4.98 Å². The van der Waals surface area contributed by atoms with E-state index in [0.717, 1.165) is 48.7 Å². The lowest BCUT2D eigenvalue weighted by Gasteiger charge is -2.37. The lowest BCUT2D eigenvalue weighted by Crippen LogP contribution is -2.46. The van der Waals surface area contributed by atoms with Crippen LogP contribution in [0.15, 0.2) is 66.9 Å². The molecule has 0 saturated carbocycles. The van der Waals surface area contributed by atoms with Crippen LogP contribution in [0.2, 0.25) is 0 Å². The van der Waals surface area contributed by atoms with Crippen LogP contribution in [0.5, 0.6) is 0 Å². The van der Waals surface area contributed by atoms with Crippen molar-refractivity contribution in [3.8, 4) is 0 Å². The van der Waals surface area contributed by atoms with Crippen molar-refractivity contribution in [2.45, 2.75) is 13.8 Å². The molecular weight excluding hydrogens is 360 g/mol. The molecule has 0 bridgehead atoms. The van der Waals surface area contributed by atoms with Crippen molar-refractivity contribution < 1.29 is 4.79 Å². The summed E-state index contributed by atoms with van der Waals surface area (Å²) in [4.78, 5) is 21.8. The van der Waals surface area contributed by atoms with Crippen LogP contribution in [0, 0.1) is 13.8 Å². The Kier molecular flexibility index (Phi) is 5.47. The van der Waals surface area contributed by atoms with Crippen LogP contribution < -0.4 is 15.1 Å². The van der Waals surface area contributed by atoms with Crippen molar-refractivity contribution >= 4 is 23.0 Å². The summed E-state index contributed by atoms with van der Waals surface area (Å²) in [6, 6.07) is 20.4. The van der Waals surface area contributed by atoms with E-state index in [4.69, 9.17) is 0 Å². The molecule has 2 aromatic carbocycles. The minimum atomic E-state index is -0.174. The maximum Gasteiger partial charge on any atom is 0.274 e. The Balaban J connectivity index is 1.44. The number of hydrogen-bond donors (Lipinski definition) is 1. The number of hydrogen-bond acceptors (Lipinski definition) is 4. The molecule has 2 heterocycles. The summed E-state index contributed by atoms with van der Waals surface area (Å²) in [6.07, 6.45) is 1.72. The predicted molar refractivity (Wildman–Crippen MR) is 119 cm³/mol. The van der Waals surface area contributed by atoms with Crippen LogP contribution in [0.25, 0.3) is 0 Å². The van der Waals surface area contributed by atoms with Crippen LogP contribution >= 0.6 is 0 Å². The number of nitrogens with zero attached hydrogens (tertiary/aromatic N) is 3.